The fourth-order valence-corrected chi connectivity index (χ4v) is 1.48. The lowest BCUT2D eigenvalue weighted by molar-refractivity contribution is 0.172. The minimum Gasteiger partial charge on any atom is -0.497 e. The van der Waals surface area contributed by atoms with Gasteiger partial charge in [-0.05, 0) is 12.5 Å². The molecule has 0 saturated carbocycles. The molecule has 0 unspecified atom stereocenters. The standard InChI is InChI=1S/C10H12O4/c1-12-8-4-7(2-3-11)10-9(5-8)13-6-14-10/h4-5,11H,2-3,6H2,1H3. The van der Waals surface area contributed by atoms with Gasteiger partial charge in [0.15, 0.2) is 11.5 Å². The van der Waals surface area contributed by atoms with E-state index >= 15 is 0 Å². The largest absolute Gasteiger partial charge is 0.497 e. The molecule has 1 N–H and O–H groups in total. The Kier molecular flexibility index (Phi) is 2.45. The van der Waals surface area contributed by atoms with Gasteiger partial charge in [0, 0.05) is 18.2 Å². The number of aliphatic hydroxyl groups excluding tert-OH is 1. The summed E-state index contributed by atoms with van der Waals surface area (Å²) in [7, 11) is 1.60. The molecular weight excluding hydrogens is 184 g/mol. The van der Waals surface area contributed by atoms with Gasteiger partial charge in [-0.1, -0.05) is 0 Å². The Bertz CT molecular complexity index is 335. The number of methoxy groups -OCH3 is 1. The maximum atomic E-state index is 8.88. The minimum absolute atomic E-state index is 0.0863. The van der Waals surface area contributed by atoms with E-state index in [2.05, 4.69) is 0 Å². The minimum atomic E-state index is 0.0863. The molecule has 0 fully saturated rings. The molecule has 2 rings (SSSR count). The van der Waals surface area contributed by atoms with E-state index in [0.29, 0.717) is 12.2 Å². The zero-order valence-corrected chi connectivity index (χ0v) is 7.95. The van der Waals surface area contributed by atoms with Crippen LogP contribution < -0.4 is 14.2 Å². The fourth-order valence-electron chi connectivity index (χ4n) is 1.48. The van der Waals surface area contributed by atoms with Gasteiger partial charge in [0.2, 0.25) is 6.79 Å². The molecule has 1 aromatic rings. The molecule has 0 radical (unpaired) electrons. The zero-order chi connectivity index (χ0) is 9.97. The molecule has 0 saturated heterocycles. The second-order valence-electron chi connectivity index (χ2n) is 2.99. The summed E-state index contributed by atoms with van der Waals surface area (Å²) in [6.07, 6.45) is 0.545. The van der Waals surface area contributed by atoms with Crippen LogP contribution in [-0.2, 0) is 6.42 Å². The quantitative estimate of drug-likeness (QED) is 0.782. The number of rotatable bonds is 3. The third-order valence-corrected chi connectivity index (χ3v) is 2.14. The highest BCUT2D eigenvalue weighted by Gasteiger charge is 2.19. The number of fused-ring (bicyclic) bond motifs is 1. The Balaban J connectivity index is 2.41. The van der Waals surface area contributed by atoms with Crippen LogP contribution in [0.4, 0.5) is 0 Å². The molecule has 4 heteroatoms. The van der Waals surface area contributed by atoms with Crippen LogP contribution in [-0.4, -0.2) is 25.6 Å². The maximum absolute atomic E-state index is 8.88. The highest BCUT2D eigenvalue weighted by atomic mass is 16.7. The Morgan fingerprint density at radius 1 is 1.43 bits per heavy atom. The first kappa shape index (κ1) is 9.15. The molecule has 1 heterocycles. The van der Waals surface area contributed by atoms with E-state index in [1.807, 2.05) is 6.07 Å². The third-order valence-electron chi connectivity index (χ3n) is 2.14. The Hall–Kier alpha value is -1.42. The predicted octanol–water partition coefficient (Wildman–Crippen LogP) is 0.959. The lowest BCUT2D eigenvalue weighted by atomic mass is 10.1. The average molecular weight is 196 g/mol. The van der Waals surface area contributed by atoms with Gasteiger partial charge in [-0.25, -0.2) is 0 Å². The highest BCUT2D eigenvalue weighted by molar-refractivity contribution is 5.53. The van der Waals surface area contributed by atoms with Crippen molar-refractivity contribution in [3.05, 3.63) is 17.7 Å². The van der Waals surface area contributed by atoms with Crippen LogP contribution in [0, 0.1) is 0 Å². The molecule has 1 aromatic carbocycles. The Morgan fingerprint density at radius 2 is 2.29 bits per heavy atom. The molecule has 1 aliphatic rings. The molecule has 0 bridgehead atoms. The molecule has 0 spiro atoms. The molecule has 0 amide bonds. The van der Waals surface area contributed by atoms with Crippen molar-refractivity contribution in [1.82, 2.24) is 0 Å². The molecular formula is C10H12O4. The smallest absolute Gasteiger partial charge is 0.231 e. The summed E-state index contributed by atoms with van der Waals surface area (Å²) in [5.41, 5.74) is 0.916. The van der Waals surface area contributed by atoms with Gasteiger partial charge in [-0.2, -0.15) is 0 Å². The van der Waals surface area contributed by atoms with E-state index in [4.69, 9.17) is 19.3 Å². The first-order chi connectivity index (χ1) is 6.85. The average Bonchev–Trinajstić information content (AvgIpc) is 2.66. The van der Waals surface area contributed by atoms with Crippen molar-refractivity contribution in [2.45, 2.75) is 6.42 Å². The second kappa shape index (κ2) is 3.75. The molecule has 76 valence electrons. The number of benzene rings is 1. The summed E-state index contributed by atoms with van der Waals surface area (Å²) in [5.74, 6) is 2.13. The van der Waals surface area contributed by atoms with Gasteiger partial charge >= 0.3 is 0 Å². The Labute approximate surface area is 82.0 Å². The van der Waals surface area contributed by atoms with Crippen LogP contribution in [0.2, 0.25) is 0 Å². The van der Waals surface area contributed by atoms with Gasteiger partial charge in [-0.3, -0.25) is 0 Å². The SMILES string of the molecule is COc1cc(CCO)c2c(c1)OCO2. The van der Waals surface area contributed by atoms with E-state index in [0.717, 1.165) is 17.1 Å². The third kappa shape index (κ3) is 1.48. The van der Waals surface area contributed by atoms with Crippen LogP contribution in [0.5, 0.6) is 17.2 Å². The van der Waals surface area contributed by atoms with Crippen molar-refractivity contribution in [3.63, 3.8) is 0 Å². The predicted molar refractivity (Wildman–Crippen MR) is 49.9 cm³/mol. The molecule has 0 aliphatic carbocycles. The first-order valence-electron chi connectivity index (χ1n) is 4.42. The second-order valence-corrected chi connectivity index (χ2v) is 2.99. The summed E-state index contributed by atoms with van der Waals surface area (Å²) in [6, 6.07) is 3.63. The van der Waals surface area contributed by atoms with Gasteiger partial charge in [0.25, 0.3) is 0 Å². The molecule has 0 aromatic heterocycles. The van der Waals surface area contributed by atoms with Crippen molar-refractivity contribution in [3.8, 4) is 17.2 Å². The van der Waals surface area contributed by atoms with Crippen LogP contribution in [0.3, 0.4) is 0 Å². The van der Waals surface area contributed by atoms with E-state index in [9.17, 15) is 0 Å². The number of aliphatic hydroxyl groups is 1. The number of hydrogen-bond acceptors (Lipinski definition) is 4. The van der Waals surface area contributed by atoms with Crippen LogP contribution in [0.1, 0.15) is 5.56 Å². The van der Waals surface area contributed by atoms with Crippen molar-refractivity contribution >= 4 is 0 Å². The molecule has 0 atom stereocenters. The molecule has 4 nitrogen and oxygen atoms in total. The lowest BCUT2D eigenvalue weighted by Crippen LogP contribution is -1.96. The zero-order valence-electron chi connectivity index (χ0n) is 7.95. The van der Waals surface area contributed by atoms with Gasteiger partial charge in [-0.15, -0.1) is 0 Å². The van der Waals surface area contributed by atoms with Crippen LogP contribution in [0.25, 0.3) is 0 Å². The van der Waals surface area contributed by atoms with Gasteiger partial charge < -0.3 is 19.3 Å². The van der Waals surface area contributed by atoms with Gasteiger partial charge in [0.1, 0.15) is 5.75 Å². The highest BCUT2D eigenvalue weighted by Crippen LogP contribution is 2.39. The summed E-state index contributed by atoms with van der Waals surface area (Å²) in [4.78, 5) is 0. The summed E-state index contributed by atoms with van der Waals surface area (Å²) >= 11 is 0. The molecule has 1 aliphatic heterocycles. The van der Waals surface area contributed by atoms with Crippen LogP contribution in [0.15, 0.2) is 12.1 Å². The monoisotopic (exact) mass is 196 g/mol. The number of ether oxygens (including phenoxy) is 3. The fraction of sp³-hybridized carbons (Fsp3) is 0.400. The van der Waals surface area contributed by atoms with E-state index < -0.39 is 0 Å². The first-order valence-corrected chi connectivity index (χ1v) is 4.42. The van der Waals surface area contributed by atoms with Crippen molar-refractivity contribution in [1.29, 1.82) is 0 Å². The summed E-state index contributed by atoms with van der Waals surface area (Å²) in [5, 5.41) is 8.88. The maximum Gasteiger partial charge on any atom is 0.231 e. The van der Waals surface area contributed by atoms with E-state index in [1.54, 1.807) is 13.2 Å². The molecule has 14 heavy (non-hydrogen) atoms. The Morgan fingerprint density at radius 3 is 3.00 bits per heavy atom. The van der Waals surface area contributed by atoms with Crippen molar-refractivity contribution in [2.75, 3.05) is 20.5 Å². The summed E-state index contributed by atoms with van der Waals surface area (Å²) < 4.78 is 15.6. The normalized spacial score (nSPS) is 13.0. The van der Waals surface area contributed by atoms with Crippen molar-refractivity contribution < 1.29 is 19.3 Å². The van der Waals surface area contributed by atoms with E-state index in [1.165, 1.54) is 0 Å². The van der Waals surface area contributed by atoms with E-state index in [-0.39, 0.29) is 13.4 Å². The topological polar surface area (TPSA) is 47.9 Å². The van der Waals surface area contributed by atoms with Crippen LogP contribution >= 0.6 is 0 Å². The lowest BCUT2D eigenvalue weighted by Gasteiger charge is -2.07. The number of hydrogen-bond donors (Lipinski definition) is 1. The van der Waals surface area contributed by atoms with Crippen molar-refractivity contribution in [2.24, 2.45) is 0 Å². The van der Waals surface area contributed by atoms with Gasteiger partial charge in [0.05, 0.1) is 7.11 Å². The summed E-state index contributed by atoms with van der Waals surface area (Å²) in [6.45, 7) is 0.323.